The monoisotopic (exact) mass is 297 g/mol. The largest absolute Gasteiger partial charge is 0.478 e. The number of aromatic carboxylic acids is 1. The topological polar surface area (TPSA) is 93.6 Å². The fraction of sp³-hybridized carbons (Fsp3) is 0.0833. The Morgan fingerprint density at radius 3 is 2.80 bits per heavy atom. The molecular formula is C12H8FNO5S. The Morgan fingerprint density at radius 2 is 2.25 bits per heavy atom. The Labute approximate surface area is 116 Å². The van der Waals surface area contributed by atoms with Gasteiger partial charge in [0.1, 0.15) is 17.1 Å². The van der Waals surface area contributed by atoms with Crippen molar-refractivity contribution in [3.8, 4) is 0 Å². The molecule has 0 fully saturated rings. The number of furan rings is 1. The van der Waals surface area contributed by atoms with Crippen molar-refractivity contribution in [3.63, 3.8) is 0 Å². The van der Waals surface area contributed by atoms with E-state index in [9.17, 15) is 19.3 Å². The highest BCUT2D eigenvalue weighted by Crippen LogP contribution is 2.33. The number of nitrogens with zero attached hydrogens (tertiary/aromatic N) is 1. The summed E-state index contributed by atoms with van der Waals surface area (Å²) in [4.78, 5) is 21.0. The summed E-state index contributed by atoms with van der Waals surface area (Å²) in [6.07, 6.45) is 1.46. The normalized spacial score (nSPS) is 10.4. The number of benzene rings is 1. The molecule has 8 heteroatoms. The Kier molecular flexibility index (Phi) is 4.04. The number of carbonyl (C=O) groups is 1. The molecule has 2 rings (SSSR count). The van der Waals surface area contributed by atoms with Crippen LogP contribution in [-0.2, 0) is 5.75 Å². The van der Waals surface area contributed by atoms with E-state index in [0.29, 0.717) is 5.76 Å². The van der Waals surface area contributed by atoms with E-state index in [4.69, 9.17) is 9.52 Å². The lowest BCUT2D eigenvalue weighted by Crippen LogP contribution is -2.03. The number of hydrogen-bond donors (Lipinski definition) is 1. The highest BCUT2D eigenvalue weighted by molar-refractivity contribution is 7.98. The Morgan fingerprint density at radius 1 is 1.50 bits per heavy atom. The van der Waals surface area contributed by atoms with Gasteiger partial charge in [-0.3, -0.25) is 10.1 Å². The van der Waals surface area contributed by atoms with E-state index >= 15 is 0 Å². The van der Waals surface area contributed by atoms with Crippen LogP contribution in [0.25, 0.3) is 0 Å². The Bertz CT molecular complexity index is 656. The standard InChI is InChI=1S/C12H8FNO5S/c13-9-5-11(20-6-7-2-1-3-19-7)10(14(17)18)4-8(9)12(15)16/h1-5H,6H2,(H,15,16). The molecule has 0 amide bonds. The van der Waals surface area contributed by atoms with Gasteiger partial charge >= 0.3 is 5.97 Å². The van der Waals surface area contributed by atoms with Gasteiger partial charge in [-0.05, 0) is 18.2 Å². The van der Waals surface area contributed by atoms with Gasteiger partial charge in [0.2, 0.25) is 0 Å². The Balaban J connectivity index is 2.33. The average molecular weight is 297 g/mol. The minimum absolute atomic E-state index is 0.0499. The molecule has 1 heterocycles. The van der Waals surface area contributed by atoms with Crippen LogP contribution < -0.4 is 0 Å². The molecular weight excluding hydrogens is 289 g/mol. The molecule has 0 bridgehead atoms. The van der Waals surface area contributed by atoms with E-state index in [0.717, 1.165) is 23.9 Å². The van der Waals surface area contributed by atoms with Crippen LogP contribution in [0.15, 0.2) is 39.8 Å². The van der Waals surface area contributed by atoms with E-state index in [1.807, 2.05) is 0 Å². The predicted octanol–water partition coefficient (Wildman–Crippen LogP) is 3.32. The first kappa shape index (κ1) is 14.1. The summed E-state index contributed by atoms with van der Waals surface area (Å²) < 4.78 is 18.6. The van der Waals surface area contributed by atoms with Crippen LogP contribution >= 0.6 is 11.8 Å². The minimum Gasteiger partial charge on any atom is -0.478 e. The van der Waals surface area contributed by atoms with Crippen molar-refractivity contribution in [1.82, 2.24) is 0 Å². The third kappa shape index (κ3) is 2.97. The fourth-order valence-corrected chi connectivity index (χ4v) is 2.44. The molecule has 0 spiro atoms. The molecule has 6 nitrogen and oxygen atoms in total. The van der Waals surface area contributed by atoms with Crippen LogP contribution in [-0.4, -0.2) is 16.0 Å². The van der Waals surface area contributed by atoms with Gasteiger partial charge in [-0.25, -0.2) is 9.18 Å². The molecule has 0 aliphatic heterocycles. The Hall–Kier alpha value is -2.35. The van der Waals surface area contributed by atoms with E-state index in [1.54, 1.807) is 12.1 Å². The summed E-state index contributed by atoms with van der Waals surface area (Å²) in [5, 5.41) is 19.7. The minimum atomic E-state index is -1.55. The summed E-state index contributed by atoms with van der Waals surface area (Å²) in [5.74, 6) is -1.70. The summed E-state index contributed by atoms with van der Waals surface area (Å²) in [7, 11) is 0. The maximum absolute atomic E-state index is 13.6. The first-order valence-corrected chi connectivity index (χ1v) is 6.34. The van der Waals surface area contributed by atoms with Crippen LogP contribution in [0.4, 0.5) is 10.1 Å². The van der Waals surface area contributed by atoms with Crippen molar-refractivity contribution < 1.29 is 23.6 Å². The maximum Gasteiger partial charge on any atom is 0.338 e. The lowest BCUT2D eigenvalue weighted by atomic mass is 10.2. The summed E-state index contributed by atoms with van der Waals surface area (Å²) in [5.41, 5.74) is -1.17. The number of nitro benzene ring substituents is 1. The van der Waals surface area contributed by atoms with Crippen molar-refractivity contribution in [2.24, 2.45) is 0 Å². The molecule has 0 saturated carbocycles. The van der Waals surface area contributed by atoms with E-state index in [-0.39, 0.29) is 10.6 Å². The zero-order chi connectivity index (χ0) is 14.7. The van der Waals surface area contributed by atoms with Crippen molar-refractivity contribution in [3.05, 3.63) is 57.8 Å². The van der Waals surface area contributed by atoms with E-state index in [1.165, 1.54) is 6.26 Å². The van der Waals surface area contributed by atoms with Gasteiger partial charge in [0.05, 0.1) is 21.8 Å². The molecule has 0 radical (unpaired) electrons. The molecule has 0 atom stereocenters. The average Bonchev–Trinajstić information content (AvgIpc) is 2.88. The summed E-state index contributed by atoms with van der Waals surface area (Å²) in [6.45, 7) is 0. The van der Waals surface area contributed by atoms with E-state index in [2.05, 4.69) is 0 Å². The highest BCUT2D eigenvalue weighted by Gasteiger charge is 2.22. The van der Waals surface area contributed by atoms with Gasteiger partial charge in [0.15, 0.2) is 0 Å². The second-order valence-corrected chi connectivity index (χ2v) is 4.75. The van der Waals surface area contributed by atoms with Gasteiger partial charge in [-0.2, -0.15) is 0 Å². The third-order valence-corrected chi connectivity index (χ3v) is 3.49. The molecule has 1 aromatic carbocycles. The van der Waals surface area contributed by atoms with Gasteiger partial charge in [-0.1, -0.05) is 0 Å². The van der Waals surface area contributed by atoms with Crippen LogP contribution in [0.3, 0.4) is 0 Å². The number of thioether (sulfide) groups is 1. The lowest BCUT2D eigenvalue weighted by molar-refractivity contribution is -0.387. The van der Waals surface area contributed by atoms with Crippen molar-refractivity contribution >= 4 is 23.4 Å². The van der Waals surface area contributed by atoms with Crippen molar-refractivity contribution in [2.45, 2.75) is 10.6 Å². The molecule has 0 saturated heterocycles. The first-order chi connectivity index (χ1) is 9.49. The number of carboxylic acid groups (broad SMARTS) is 1. The van der Waals surface area contributed by atoms with E-state index < -0.39 is 28.0 Å². The second-order valence-electron chi connectivity index (χ2n) is 3.73. The lowest BCUT2D eigenvalue weighted by Gasteiger charge is -2.04. The van der Waals surface area contributed by atoms with Crippen molar-refractivity contribution in [2.75, 3.05) is 0 Å². The third-order valence-electron chi connectivity index (χ3n) is 2.43. The van der Waals surface area contributed by atoms with Gasteiger partial charge < -0.3 is 9.52 Å². The van der Waals surface area contributed by atoms with Crippen molar-refractivity contribution in [1.29, 1.82) is 0 Å². The number of halogens is 1. The number of hydrogen-bond acceptors (Lipinski definition) is 5. The second kappa shape index (κ2) is 5.74. The van der Waals surface area contributed by atoms with Crippen LogP contribution in [0.5, 0.6) is 0 Å². The highest BCUT2D eigenvalue weighted by atomic mass is 32.2. The first-order valence-electron chi connectivity index (χ1n) is 5.35. The molecule has 1 N–H and O–H groups in total. The number of nitro groups is 1. The molecule has 20 heavy (non-hydrogen) atoms. The molecule has 1 aromatic heterocycles. The predicted molar refractivity (Wildman–Crippen MR) is 68.3 cm³/mol. The SMILES string of the molecule is O=C(O)c1cc([N+](=O)[O-])c(SCc2ccco2)cc1F. The van der Waals surface area contributed by atoms with Gasteiger partial charge in [-0.15, -0.1) is 11.8 Å². The zero-order valence-corrected chi connectivity index (χ0v) is 10.7. The van der Waals surface area contributed by atoms with Gasteiger partial charge in [0.25, 0.3) is 5.69 Å². The fourth-order valence-electron chi connectivity index (χ4n) is 1.51. The van der Waals surface area contributed by atoms with Crippen LogP contribution in [0.1, 0.15) is 16.1 Å². The van der Waals surface area contributed by atoms with Crippen LogP contribution in [0.2, 0.25) is 0 Å². The molecule has 0 aliphatic rings. The summed E-state index contributed by atoms with van der Waals surface area (Å²) in [6, 6.07) is 4.93. The molecule has 2 aromatic rings. The maximum atomic E-state index is 13.6. The molecule has 104 valence electrons. The number of rotatable bonds is 5. The quantitative estimate of drug-likeness (QED) is 0.517. The zero-order valence-electron chi connectivity index (χ0n) is 9.91. The van der Waals surface area contributed by atoms with Gasteiger partial charge in [0, 0.05) is 6.07 Å². The summed E-state index contributed by atoms with van der Waals surface area (Å²) >= 11 is 0.999. The molecule has 0 unspecified atom stereocenters. The van der Waals surface area contributed by atoms with Crippen LogP contribution in [0, 0.1) is 15.9 Å². The smallest absolute Gasteiger partial charge is 0.338 e. The number of carboxylic acids is 1. The molecule has 0 aliphatic carbocycles.